The van der Waals surface area contributed by atoms with E-state index in [-0.39, 0.29) is 28.7 Å². The van der Waals surface area contributed by atoms with Gasteiger partial charge in [-0.3, -0.25) is 14.8 Å². The van der Waals surface area contributed by atoms with Gasteiger partial charge in [0.1, 0.15) is 5.69 Å². The van der Waals surface area contributed by atoms with Gasteiger partial charge in [0.05, 0.1) is 6.42 Å². The van der Waals surface area contributed by atoms with Crippen molar-refractivity contribution in [3.8, 4) is 0 Å². The number of benzene rings is 1. The lowest BCUT2D eigenvalue weighted by molar-refractivity contribution is -0.133. The van der Waals surface area contributed by atoms with Gasteiger partial charge in [-0.2, -0.15) is 0 Å². The van der Waals surface area contributed by atoms with E-state index in [0.717, 1.165) is 28.6 Å². The van der Waals surface area contributed by atoms with Crippen LogP contribution in [-0.2, 0) is 17.8 Å². The van der Waals surface area contributed by atoms with Crippen molar-refractivity contribution in [3.63, 3.8) is 0 Å². The fourth-order valence-electron chi connectivity index (χ4n) is 5.40. The molecule has 2 aliphatic heterocycles. The van der Waals surface area contributed by atoms with Crippen LogP contribution in [0, 0.1) is 11.1 Å². The molecule has 0 spiro atoms. The Kier molecular flexibility index (Phi) is 5.06. The fourth-order valence-corrected chi connectivity index (χ4v) is 5.40. The zero-order chi connectivity index (χ0) is 22.6. The monoisotopic (exact) mass is 435 g/mol. The fraction of sp³-hybridized carbons (Fsp3) is 0.417. The van der Waals surface area contributed by atoms with Crippen LogP contribution in [0.2, 0.25) is 0 Å². The molecule has 1 saturated heterocycles. The Morgan fingerprint density at radius 2 is 1.97 bits per heavy atom. The van der Waals surface area contributed by atoms with Gasteiger partial charge in [0, 0.05) is 54.4 Å². The molecule has 1 amide bonds. The summed E-state index contributed by atoms with van der Waals surface area (Å²) in [5.41, 5.74) is 2.25. The lowest BCUT2D eigenvalue weighted by Crippen LogP contribution is -2.49. The molecular weight excluding hydrogens is 408 g/mol. The van der Waals surface area contributed by atoms with Crippen LogP contribution < -0.4 is 10.8 Å². The summed E-state index contributed by atoms with van der Waals surface area (Å²) in [6, 6.07) is 11.6. The van der Waals surface area contributed by atoms with Gasteiger partial charge >= 0.3 is 0 Å². The summed E-state index contributed by atoms with van der Waals surface area (Å²) in [6.07, 6.45) is 3.36. The lowest BCUT2D eigenvalue weighted by atomic mass is 9.83. The minimum atomic E-state index is -0.476. The van der Waals surface area contributed by atoms with E-state index in [2.05, 4.69) is 36.7 Å². The summed E-state index contributed by atoms with van der Waals surface area (Å²) in [4.78, 5) is 27.8. The smallest absolute Gasteiger partial charge is 0.275 e. The molecule has 0 radical (unpaired) electrons. The number of carbonyl (C=O) groups excluding carboxylic acids is 1. The number of fused-ring (bicyclic) bond motifs is 5. The Morgan fingerprint density at radius 1 is 1.19 bits per heavy atom. The minimum Gasteiger partial charge on any atom is -0.733 e. The molecular formula is C24H27N4O4-. The predicted molar refractivity (Wildman–Crippen MR) is 122 cm³/mol. The molecule has 0 saturated carbocycles. The molecule has 2 bridgehead atoms. The zero-order valence-corrected chi connectivity index (χ0v) is 18.3. The van der Waals surface area contributed by atoms with Crippen molar-refractivity contribution in [2.75, 3.05) is 18.3 Å². The van der Waals surface area contributed by atoms with Crippen molar-refractivity contribution >= 4 is 22.5 Å². The Balaban J connectivity index is 1.40. The summed E-state index contributed by atoms with van der Waals surface area (Å²) < 4.78 is 3.80. The molecule has 8 nitrogen and oxygen atoms in total. The summed E-state index contributed by atoms with van der Waals surface area (Å²) >= 11 is 0. The number of piperidine rings is 1. The Hall–Kier alpha value is -3.10. The van der Waals surface area contributed by atoms with Crippen LogP contribution in [-0.4, -0.2) is 38.2 Å². The van der Waals surface area contributed by atoms with E-state index in [1.165, 1.54) is 6.07 Å². The maximum Gasteiger partial charge on any atom is 0.275 e. The summed E-state index contributed by atoms with van der Waals surface area (Å²) in [5.74, 6) is 0.290. The standard InChI is InChI=1S/C24H27N4O4/c1-15(2)26-14-17(19-5-3-4-6-21(19)26)10-23(29)25-11-16-9-18(13-25)20-7-8-22(28(31)32)24(30)27(20)12-16/h3-8,14-16,18,31H,9-13H2,1-2H3/q-1/t16-,18?/m0/s1. The van der Waals surface area contributed by atoms with Crippen molar-refractivity contribution in [1.82, 2.24) is 14.0 Å². The van der Waals surface area contributed by atoms with Gasteiger partial charge in [0.2, 0.25) is 5.91 Å². The first-order chi connectivity index (χ1) is 15.3. The molecule has 5 rings (SSSR count). The number of hydrogen-bond acceptors (Lipinski definition) is 5. The quantitative estimate of drug-likeness (QED) is 0.635. The Morgan fingerprint density at radius 3 is 2.72 bits per heavy atom. The van der Waals surface area contributed by atoms with E-state index in [0.29, 0.717) is 32.1 Å². The predicted octanol–water partition coefficient (Wildman–Crippen LogP) is 3.27. The lowest BCUT2D eigenvalue weighted by Gasteiger charge is -2.43. The number of anilines is 1. The largest absolute Gasteiger partial charge is 0.733 e. The third kappa shape index (κ3) is 3.40. The molecule has 1 N–H and O–H groups in total. The van der Waals surface area contributed by atoms with Gasteiger partial charge in [0.25, 0.3) is 5.56 Å². The van der Waals surface area contributed by atoms with Gasteiger partial charge in [-0.15, -0.1) is 0 Å². The zero-order valence-electron chi connectivity index (χ0n) is 18.3. The van der Waals surface area contributed by atoms with Crippen molar-refractivity contribution in [2.24, 2.45) is 5.92 Å². The minimum absolute atomic E-state index is 0.0454. The van der Waals surface area contributed by atoms with Gasteiger partial charge in [-0.25, -0.2) is 0 Å². The van der Waals surface area contributed by atoms with Gasteiger partial charge < -0.3 is 24.5 Å². The number of likely N-dealkylation sites (tertiary alicyclic amines) is 1. The van der Waals surface area contributed by atoms with Crippen LogP contribution in [0.5, 0.6) is 0 Å². The normalized spacial score (nSPS) is 20.0. The third-order valence-electron chi connectivity index (χ3n) is 6.86. The number of carbonyl (C=O) groups is 1. The van der Waals surface area contributed by atoms with Gasteiger partial charge in [-0.1, -0.05) is 18.2 Å². The molecule has 2 aromatic heterocycles. The Bertz CT molecular complexity index is 1240. The highest BCUT2D eigenvalue weighted by atomic mass is 16.8. The molecule has 8 heteroatoms. The van der Waals surface area contributed by atoms with Crippen molar-refractivity contribution in [3.05, 3.63) is 69.4 Å². The molecule has 0 aliphatic carbocycles. The number of para-hydroxylation sites is 1. The van der Waals surface area contributed by atoms with Crippen LogP contribution >= 0.6 is 0 Å². The number of pyridine rings is 1. The Labute approximate surface area is 185 Å². The average Bonchev–Trinajstić information content (AvgIpc) is 3.13. The molecule has 1 fully saturated rings. The van der Waals surface area contributed by atoms with Crippen molar-refractivity contribution in [1.29, 1.82) is 0 Å². The second kappa shape index (κ2) is 7.79. The summed E-state index contributed by atoms with van der Waals surface area (Å²) in [5, 5.41) is 21.2. The maximum atomic E-state index is 13.3. The summed E-state index contributed by atoms with van der Waals surface area (Å²) in [6.45, 7) is 5.86. The van der Waals surface area contributed by atoms with E-state index in [1.807, 2.05) is 17.0 Å². The number of amides is 1. The molecule has 1 aromatic carbocycles. The van der Waals surface area contributed by atoms with E-state index < -0.39 is 5.56 Å². The first-order valence-corrected chi connectivity index (χ1v) is 11.1. The average molecular weight is 436 g/mol. The maximum absolute atomic E-state index is 13.3. The molecule has 2 atom stereocenters. The third-order valence-corrected chi connectivity index (χ3v) is 6.86. The molecule has 168 valence electrons. The second-order valence-electron chi connectivity index (χ2n) is 9.28. The highest BCUT2D eigenvalue weighted by Gasteiger charge is 2.36. The van der Waals surface area contributed by atoms with E-state index in [1.54, 1.807) is 10.6 Å². The first kappa shape index (κ1) is 20.8. The van der Waals surface area contributed by atoms with Crippen LogP contribution in [0.15, 0.2) is 47.4 Å². The number of nitrogens with zero attached hydrogens (tertiary/aromatic N) is 4. The van der Waals surface area contributed by atoms with E-state index >= 15 is 0 Å². The molecule has 2 aliphatic rings. The van der Waals surface area contributed by atoms with E-state index in [4.69, 9.17) is 0 Å². The van der Waals surface area contributed by atoms with Crippen LogP contribution in [0.4, 0.5) is 5.69 Å². The van der Waals surface area contributed by atoms with E-state index in [9.17, 15) is 20.0 Å². The topological polar surface area (TPSA) is 93.8 Å². The SMILES string of the molecule is CC(C)n1cc(CC(=O)N2CC3C[C@@H](C2)Cn2c3ccc(N([O-])O)c2=O)c2ccccc21. The highest BCUT2D eigenvalue weighted by molar-refractivity contribution is 5.89. The molecule has 32 heavy (non-hydrogen) atoms. The second-order valence-corrected chi connectivity index (χ2v) is 9.28. The van der Waals surface area contributed by atoms with Crippen molar-refractivity contribution in [2.45, 2.75) is 45.2 Å². The number of rotatable bonds is 4. The summed E-state index contributed by atoms with van der Waals surface area (Å²) in [7, 11) is 0. The number of aromatic nitrogens is 2. The highest BCUT2D eigenvalue weighted by Crippen LogP contribution is 2.36. The van der Waals surface area contributed by atoms with Gasteiger partial charge in [0.15, 0.2) is 0 Å². The molecule has 1 unspecified atom stereocenters. The van der Waals surface area contributed by atoms with Crippen LogP contribution in [0.25, 0.3) is 10.9 Å². The van der Waals surface area contributed by atoms with Crippen molar-refractivity contribution < 1.29 is 10.0 Å². The van der Waals surface area contributed by atoms with Crippen LogP contribution in [0.1, 0.15) is 43.5 Å². The van der Waals surface area contributed by atoms with Crippen LogP contribution in [0.3, 0.4) is 0 Å². The van der Waals surface area contributed by atoms with Gasteiger partial charge in [-0.05, 0) is 49.9 Å². The number of hydrogen-bond donors (Lipinski definition) is 1. The first-order valence-electron chi connectivity index (χ1n) is 11.1. The molecule has 3 aromatic rings. The molecule has 4 heterocycles.